The molecule has 6 heteroatoms. The van der Waals surface area contributed by atoms with Gasteiger partial charge in [-0.25, -0.2) is 0 Å². The van der Waals surface area contributed by atoms with Gasteiger partial charge >= 0.3 is 0 Å². The maximum absolute atomic E-state index is 13.4. The molecule has 3 saturated heterocycles. The molecule has 1 unspecified atom stereocenters. The minimum atomic E-state index is -0.143. The highest BCUT2D eigenvalue weighted by Crippen LogP contribution is 2.42. The summed E-state index contributed by atoms with van der Waals surface area (Å²) in [4.78, 5) is 18.0. The van der Waals surface area contributed by atoms with Crippen LogP contribution in [-0.2, 0) is 16.1 Å². The fourth-order valence-electron chi connectivity index (χ4n) is 5.21. The third-order valence-corrected chi connectivity index (χ3v) is 6.87. The Morgan fingerprint density at radius 1 is 1.19 bits per heavy atom. The lowest BCUT2D eigenvalue weighted by Gasteiger charge is -2.44. The normalized spacial score (nSPS) is 31.2. The number of nitrogens with one attached hydrogen (secondary N) is 1. The van der Waals surface area contributed by atoms with Crippen molar-refractivity contribution in [2.45, 2.75) is 63.5 Å². The van der Waals surface area contributed by atoms with Crippen LogP contribution in [-0.4, -0.2) is 64.8 Å². The quantitative estimate of drug-likeness (QED) is 0.897. The monoisotopic (exact) mass is 358 g/mol. The van der Waals surface area contributed by atoms with E-state index in [9.17, 15) is 4.79 Å². The Kier molecular flexibility index (Phi) is 4.28. The molecule has 4 heterocycles. The van der Waals surface area contributed by atoms with E-state index in [-0.39, 0.29) is 5.41 Å². The zero-order chi connectivity index (χ0) is 17.6. The number of aromatic amines is 1. The van der Waals surface area contributed by atoms with Gasteiger partial charge in [0.1, 0.15) is 0 Å². The number of nitrogens with zero attached hydrogens (tertiary/aromatic N) is 3. The van der Waals surface area contributed by atoms with Gasteiger partial charge in [0.05, 0.1) is 11.1 Å². The Morgan fingerprint density at radius 2 is 2.04 bits per heavy atom. The Hall–Kier alpha value is -1.40. The first-order chi connectivity index (χ1) is 12.7. The largest absolute Gasteiger partial charge is 0.381 e. The van der Waals surface area contributed by atoms with Crippen LogP contribution < -0.4 is 0 Å². The van der Waals surface area contributed by atoms with E-state index >= 15 is 0 Å². The third-order valence-electron chi connectivity index (χ3n) is 6.87. The summed E-state index contributed by atoms with van der Waals surface area (Å²) in [5.74, 6) is 1.11. The Morgan fingerprint density at radius 3 is 2.85 bits per heavy atom. The van der Waals surface area contributed by atoms with Crippen LogP contribution in [0.15, 0.2) is 6.07 Å². The van der Waals surface area contributed by atoms with Crippen molar-refractivity contribution in [2.75, 3.05) is 32.8 Å². The van der Waals surface area contributed by atoms with Gasteiger partial charge in [-0.1, -0.05) is 0 Å². The molecular formula is C20H30N4O2. The van der Waals surface area contributed by atoms with Crippen molar-refractivity contribution in [1.29, 1.82) is 0 Å². The summed E-state index contributed by atoms with van der Waals surface area (Å²) in [7, 11) is 0. The van der Waals surface area contributed by atoms with E-state index in [2.05, 4.69) is 26.1 Å². The van der Waals surface area contributed by atoms with Crippen molar-refractivity contribution < 1.29 is 9.53 Å². The molecule has 4 aliphatic rings. The molecule has 1 aromatic heterocycles. The van der Waals surface area contributed by atoms with Crippen LogP contribution in [0.1, 0.15) is 62.3 Å². The summed E-state index contributed by atoms with van der Waals surface area (Å²) >= 11 is 0. The maximum Gasteiger partial charge on any atom is 0.230 e. The molecule has 1 aromatic rings. The second-order valence-corrected chi connectivity index (χ2v) is 8.78. The van der Waals surface area contributed by atoms with E-state index in [0.717, 1.165) is 71.5 Å². The van der Waals surface area contributed by atoms with Crippen molar-refractivity contribution in [2.24, 2.45) is 5.41 Å². The molecule has 6 nitrogen and oxygen atoms in total. The zero-order valence-corrected chi connectivity index (χ0v) is 15.6. The van der Waals surface area contributed by atoms with Gasteiger partial charge in [-0.05, 0) is 57.6 Å². The van der Waals surface area contributed by atoms with Crippen LogP contribution in [0, 0.1) is 5.41 Å². The molecule has 5 rings (SSSR count). The molecule has 1 aliphatic carbocycles. The minimum absolute atomic E-state index is 0.143. The van der Waals surface area contributed by atoms with Crippen molar-refractivity contribution in [3.63, 3.8) is 0 Å². The van der Waals surface area contributed by atoms with Crippen LogP contribution in [0.5, 0.6) is 0 Å². The van der Waals surface area contributed by atoms with Crippen molar-refractivity contribution >= 4 is 5.91 Å². The van der Waals surface area contributed by atoms with Crippen molar-refractivity contribution in [1.82, 2.24) is 20.0 Å². The molecular weight excluding hydrogens is 328 g/mol. The van der Waals surface area contributed by atoms with E-state index in [0.29, 0.717) is 17.9 Å². The number of ether oxygens (including phenoxy) is 1. The van der Waals surface area contributed by atoms with Gasteiger partial charge in [-0.3, -0.25) is 14.8 Å². The number of rotatable bonds is 4. The fraction of sp³-hybridized carbons (Fsp3) is 0.800. The van der Waals surface area contributed by atoms with Gasteiger partial charge in [0.15, 0.2) is 0 Å². The third kappa shape index (κ3) is 3.07. The van der Waals surface area contributed by atoms with E-state index in [1.54, 1.807) is 0 Å². The number of hydrogen-bond donors (Lipinski definition) is 1. The van der Waals surface area contributed by atoms with Gasteiger partial charge in [-0.15, -0.1) is 0 Å². The van der Waals surface area contributed by atoms with Crippen molar-refractivity contribution in [3.8, 4) is 0 Å². The van der Waals surface area contributed by atoms with E-state index in [1.807, 2.05) is 0 Å². The number of aromatic nitrogens is 2. The summed E-state index contributed by atoms with van der Waals surface area (Å²) in [6.45, 7) is 5.37. The molecule has 0 radical (unpaired) electrons. The van der Waals surface area contributed by atoms with Crippen LogP contribution in [0.25, 0.3) is 0 Å². The van der Waals surface area contributed by atoms with Gasteiger partial charge in [-0.2, -0.15) is 5.10 Å². The molecule has 1 atom stereocenters. The summed E-state index contributed by atoms with van der Waals surface area (Å²) < 4.78 is 5.49. The van der Waals surface area contributed by atoms with Gasteiger partial charge in [0.2, 0.25) is 5.91 Å². The SMILES string of the molecule is O=C1N(C2CCOCC2)CCCC12CCN(Cc1cc(C3CC3)n[nH]1)C2. The number of likely N-dealkylation sites (tertiary alicyclic amines) is 2. The Balaban J connectivity index is 1.24. The molecule has 4 fully saturated rings. The molecule has 0 bridgehead atoms. The van der Waals surface area contributed by atoms with E-state index in [1.165, 1.54) is 24.2 Å². The maximum atomic E-state index is 13.4. The van der Waals surface area contributed by atoms with Crippen LogP contribution in [0.2, 0.25) is 0 Å². The first-order valence-corrected chi connectivity index (χ1v) is 10.4. The Bertz CT molecular complexity index is 665. The number of amides is 1. The summed E-state index contributed by atoms with van der Waals surface area (Å²) in [5.41, 5.74) is 2.29. The minimum Gasteiger partial charge on any atom is -0.381 e. The van der Waals surface area contributed by atoms with Crippen molar-refractivity contribution in [3.05, 3.63) is 17.5 Å². The number of piperidine rings is 1. The van der Waals surface area contributed by atoms with Crippen LogP contribution in [0.3, 0.4) is 0 Å². The smallest absolute Gasteiger partial charge is 0.230 e. The van der Waals surface area contributed by atoms with Gasteiger partial charge in [0, 0.05) is 50.5 Å². The molecule has 1 amide bonds. The fourth-order valence-corrected chi connectivity index (χ4v) is 5.21. The number of carbonyl (C=O) groups excluding carboxylic acids is 1. The molecule has 3 aliphatic heterocycles. The molecule has 0 aromatic carbocycles. The second-order valence-electron chi connectivity index (χ2n) is 8.78. The highest BCUT2D eigenvalue weighted by molar-refractivity contribution is 5.84. The lowest BCUT2D eigenvalue weighted by Crippen LogP contribution is -2.54. The predicted octanol–water partition coefficient (Wildman–Crippen LogP) is 2.28. The molecule has 1 saturated carbocycles. The average Bonchev–Trinajstić information content (AvgIpc) is 3.29. The Labute approximate surface area is 155 Å². The highest BCUT2D eigenvalue weighted by Gasteiger charge is 2.49. The topological polar surface area (TPSA) is 61.5 Å². The van der Waals surface area contributed by atoms with Crippen LogP contribution in [0.4, 0.5) is 0 Å². The van der Waals surface area contributed by atoms with E-state index < -0.39 is 0 Å². The standard InChI is InChI=1S/C20H30N4O2/c25-19-20(6-1-8-24(19)17-4-10-26-11-5-17)7-9-23(14-20)13-16-12-18(22-21-16)15-2-3-15/h12,15,17H,1-11,13-14H2,(H,21,22). The number of carbonyl (C=O) groups is 1. The summed E-state index contributed by atoms with van der Waals surface area (Å²) in [5, 5.41) is 7.69. The lowest BCUT2D eigenvalue weighted by atomic mass is 9.77. The number of hydrogen-bond acceptors (Lipinski definition) is 4. The predicted molar refractivity (Wildman–Crippen MR) is 97.7 cm³/mol. The van der Waals surface area contributed by atoms with Crippen LogP contribution >= 0.6 is 0 Å². The molecule has 1 spiro atoms. The molecule has 26 heavy (non-hydrogen) atoms. The van der Waals surface area contributed by atoms with E-state index in [4.69, 9.17) is 4.74 Å². The highest BCUT2D eigenvalue weighted by atomic mass is 16.5. The summed E-state index contributed by atoms with van der Waals surface area (Å²) in [6, 6.07) is 2.64. The zero-order valence-electron chi connectivity index (χ0n) is 15.6. The average molecular weight is 358 g/mol. The number of H-pyrrole nitrogens is 1. The van der Waals surface area contributed by atoms with Gasteiger partial charge < -0.3 is 9.64 Å². The second kappa shape index (κ2) is 6.64. The first-order valence-electron chi connectivity index (χ1n) is 10.4. The molecule has 142 valence electrons. The summed E-state index contributed by atoms with van der Waals surface area (Å²) in [6.07, 6.45) is 7.79. The first kappa shape index (κ1) is 16.8. The molecule has 1 N–H and O–H groups in total. The lowest BCUT2D eigenvalue weighted by molar-refractivity contribution is -0.150. The van der Waals surface area contributed by atoms with Gasteiger partial charge in [0.25, 0.3) is 0 Å².